The second kappa shape index (κ2) is 7.88. The molecule has 0 spiro atoms. The first-order chi connectivity index (χ1) is 11.9. The molecule has 132 valence electrons. The molecule has 0 radical (unpaired) electrons. The van der Waals surface area contributed by atoms with Crippen molar-refractivity contribution < 1.29 is 19.0 Å². The number of carbonyl (C=O) groups excluding carboxylic acids is 1. The molecule has 0 aliphatic carbocycles. The molecular weight excluding hydrogens is 316 g/mol. The fourth-order valence-electron chi connectivity index (χ4n) is 2.65. The summed E-state index contributed by atoms with van der Waals surface area (Å²) < 4.78 is 15.9. The lowest BCUT2D eigenvalue weighted by atomic mass is 10.00. The van der Waals surface area contributed by atoms with E-state index in [0.717, 1.165) is 11.1 Å². The summed E-state index contributed by atoms with van der Waals surface area (Å²) in [5.74, 6) is 1.26. The van der Waals surface area contributed by atoms with E-state index in [1.54, 1.807) is 18.2 Å². The second-order valence-corrected chi connectivity index (χ2v) is 5.90. The molecule has 0 aliphatic heterocycles. The summed E-state index contributed by atoms with van der Waals surface area (Å²) in [6.45, 7) is 6.18. The third-order valence-electron chi connectivity index (χ3n) is 4.25. The fraction of sp³-hybridized carbons (Fsp3) is 0.286. The van der Waals surface area contributed by atoms with Gasteiger partial charge in [0.15, 0.2) is 17.3 Å². The van der Waals surface area contributed by atoms with Crippen molar-refractivity contribution in [3.8, 4) is 17.2 Å². The summed E-state index contributed by atoms with van der Waals surface area (Å²) in [5, 5.41) is 0. The molecular formula is C21H24O4. The van der Waals surface area contributed by atoms with E-state index < -0.39 is 0 Å². The van der Waals surface area contributed by atoms with Gasteiger partial charge in [-0.15, -0.1) is 0 Å². The molecule has 2 aromatic rings. The number of carbonyl (C=O) groups is 1. The average molecular weight is 340 g/mol. The molecule has 0 fully saturated rings. The highest BCUT2D eigenvalue weighted by Gasteiger charge is 2.15. The molecule has 0 saturated carbocycles. The Labute approximate surface area is 149 Å². The van der Waals surface area contributed by atoms with E-state index in [-0.39, 0.29) is 5.78 Å². The van der Waals surface area contributed by atoms with E-state index in [1.165, 1.54) is 32.5 Å². The summed E-state index contributed by atoms with van der Waals surface area (Å²) >= 11 is 0. The van der Waals surface area contributed by atoms with Crippen LogP contribution < -0.4 is 14.2 Å². The van der Waals surface area contributed by atoms with Gasteiger partial charge in [-0.2, -0.15) is 0 Å². The molecule has 0 saturated heterocycles. The zero-order valence-electron chi connectivity index (χ0n) is 15.6. The second-order valence-electron chi connectivity index (χ2n) is 5.90. The van der Waals surface area contributed by atoms with Gasteiger partial charge in [-0.1, -0.05) is 18.2 Å². The molecule has 0 atom stereocenters. The van der Waals surface area contributed by atoms with Crippen molar-refractivity contribution in [2.45, 2.75) is 20.8 Å². The van der Waals surface area contributed by atoms with E-state index >= 15 is 0 Å². The van der Waals surface area contributed by atoms with Gasteiger partial charge in [0.1, 0.15) is 0 Å². The zero-order valence-corrected chi connectivity index (χ0v) is 15.6. The minimum Gasteiger partial charge on any atom is -0.493 e. The SMILES string of the molecule is COc1cc(C(=O)/C=C/c2cc(C)c(C)cc2C)cc(OC)c1OC. The van der Waals surface area contributed by atoms with Crippen LogP contribution >= 0.6 is 0 Å². The Kier molecular flexibility index (Phi) is 5.86. The van der Waals surface area contributed by atoms with Crippen molar-refractivity contribution in [2.75, 3.05) is 21.3 Å². The van der Waals surface area contributed by atoms with Gasteiger partial charge in [0.2, 0.25) is 5.75 Å². The number of ketones is 1. The summed E-state index contributed by atoms with van der Waals surface area (Å²) in [6, 6.07) is 7.52. The first-order valence-electron chi connectivity index (χ1n) is 8.01. The fourth-order valence-corrected chi connectivity index (χ4v) is 2.65. The minimum absolute atomic E-state index is 0.128. The molecule has 0 aromatic heterocycles. The topological polar surface area (TPSA) is 44.8 Å². The predicted molar refractivity (Wildman–Crippen MR) is 100 cm³/mol. The smallest absolute Gasteiger partial charge is 0.203 e. The van der Waals surface area contributed by atoms with Crippen LogP contribution in [0.5, 0.6) is 17.2 Å². The normalized spacial score (nSPS) is 10.8. The average Bonchev–Trinajstić information content (AvgIpc) is 2.61. The Hall–Kier alpha value is -2.75. The van der Waals surface area contributed by atoms with Crippen LogP contribution in [0, 0.1) is 20.8 Å². The highest BCUT2D eigenvalue weighted by Crippen LogP contribution is 2.38. The van der Waals surface area contributed by atoms with Gasteiger partial charge in [-0.3, -0.25) is 4.79 Å². The van der Waals surface area contributed by atoms with Crippen LogP contribution in [-0.2, 0) is 0 Å². The molecule has 0 unspecified atom stereocenters. The highest BCUT2D eigenvalue weighted by atomic mass is 16.5. The third-order valence-corrected chi connectivity index (χ3v) is 4.25. The molecule has 2 rings (SSSR count). The van der Waals surface area contributed by atoms with E-state index in [2.05, 4.69) is 26.0 Å². The molecule has 2 aromatic carbocycles. The van der Waals surface area contributed by atoms with Crippen molar-refractivity contribution >= 4 is 11.9 Å². The first kappa shape index (κ1) is 18.6. The monoisotopic (exact) mass is 340 g/mol. The number of hydrogen-bond donors (Lipinski definition) is 0. The van der Waals surface area contributed by atoms with E-state index in [4.69, 9.17) is 14.2 Å². The maximum absolute atomic E-state index is 12.6. The van der Waals surface area contributed by atoms with E-state index in [1.807, 2.05) is 13.0 Å². The van der Waals surface area contributed by atoms with Crippen LogP contribution in [0.15, 0.2) is 30.3 Å². The van der Waals surface area contributed by atoms with Crippen LogP contribution in [0.25, 0.3) is 6.08 Å². The van der Waals surface area contributed by atoms with Gasteiger partial charge in [0.25, 0.3) is 0 Å². The third kappa shape index (κ3) is 4.02. The Balaban J connectivity index is 2.37. The number of aryl methyl sites for hydroxylation is 3. The number of benzene rings is 2. The Morgan fingerprint density at radius 1 is 0.800 bits per heavy atom. The van der Waals surface area contributed by atoms with Crippen molar-refractivity contribution in [3.05, 3.63) is 58.2 Å². The van der Waals surface area contributed by atoms with Gasteiger partial charge in [-0.25, -0.2) is 0 Å². The van der Waals surface area contributed by atoms with Crippen molar-refractivity contribution in [2.24, 2.45) is 0 Å². The van der Waals surface area contributed by atoms with Crippen LogP contribution in [0.4, 0.5) is 0 Å². The molecule has 25 heavy (non-hydrogen) atoms. The largest absolute Gasteiger partial charge is 0.493 e. The summed E-state index contributed by atoms with van der Waals surface area (Å²) in [7, 11) is 4.59. The molecule has 0 heterocycles. The molecule has 0 N–H and O–H groups in total. The Bertz CT molecular complexity index is 794. The summed E-state index contributed by atoms with van der Waals surface area (Å²) in [6.07, 6.45) is 3.41. The lowest BCUT2D eigenvalue weighted by Crippen LogP contribution is -2.00. The van der Waals surface area contributed by atoms with Gasteiger partial charge in [0.05, 0.1) is 21.3 Å². The van der Waals surface area contributed by atoms with Crippen molar-refractivity contribution in [1.29, 1.82) is 0 Å². The first-order valence-corrected chi connectivity index (χ1v) is 8.01. The lowest BCUT2D eigenvalue weighted by Gasteiger charge is -2.13. The van der Waals surface area contributed by atoms with Crippen LogP contribution in [0.3, 0.4) is 0 Å². The lowest BCUT2D eigenvalue weighted by molar-refractivity contribution is 0.104. The van der Waals surface area contributed by atoms with Crippen LogP contribution in [-0.4, -0.2) is 27.1 Å². The minimum atomic E-state index is -0.128. The van der Waals surface area contributed by atoms with E-state index in [9.17, 15) is 4.79 Å². The number of rotatable bonds is 6. The van der Waals surface area contributed by atoms with Gasteiger partial charge >= 0.3 is 0 Å². The molecule has 4 nitrogen and oxygen atoms in total. The maximum atomic E-state index is 12.6. The van der Waals surface area contributed by atoms with E-state index in [0.29, 0.717) is 22.8 Å². The van der Waals surface area contributed by atoms with Gasteiger partial charge < -0.3 is 14.2 Å². The maximum Gasteiger partial charge on any atom is 0.203 e. The molecule has 0 bridgehead atoms. The summed E-state index contributed by atoms with van der Waals surface area (Å²) in [4.78, 5) is 12.6. The van der Waals surface area contributed by atoms with Gasteiger partial charge in [-0.05, 0) is 61.2 Å². The number of methoxy groups -OCH3 is 3. The molecule has 0 amide bonds. The van der Waals surface area contributed by atoms with Crippen molar-refractivity contribution in [1.82, 2.24) is 0 Å². The Morgan fingerprint density at radius 3 is 1.88 bits per heavy atom. The quantitative estimate of drug-likeness (QED) is 0.572. The van der Waals surface area contributed by atoms with Crippen LogP contribution in [0.1, 0.15) is 32.6 Å². The zero-order chi connectivity index (χ0) is 18.6. The van der Waals surface area contributed by atoms with Gasteiger partial charge in [0, 0.05) is 5.56 Å². The Morgan fingerprint density at radius 2 is 1.36 bits per heavy atom. The molecule has 0 aliphatic rings. The summed E-state index contributed by atoms with van der Waals surface area (Å²) in [5.41, 5.74) is 5.09. The predicted octanol–water partition coefficient (Wildman–Crippen LogP) is 4.53. The highest BCUT2D eigenvalue weighted by molar-refractivity contribution is 6.07. The van der Waals surface area contributed by atoms with Crippen molar-refractivity contribution in [3.63, 3.8) is 0 Å². The number of allylic oxidation sites excluding steroid dienone is 1. The molecule has 4 heteroatoms. The van der Waals surface area contributed by atoms with Crippen LogP contribution in [0.2, 0.25) is 0 Å². The number of ether oxygens (including phenoxy) is 3. The standard InChI is InChI=1S/C21H24O4/c1-13-9-15(3)16(10-14(13)2)7-8-18(22)17-11-19(23-4)21(25-6)20(12-17)24-5/h7-12H,1-6H3/b8-7+. The number of hydrogen-bond acceptors (Lipinski definition) is 4.